The summed E-state index contributed by atoms with van der Waals surface area (Å²) in [5.41, 5.74) is 1.39. The minimum atomic E-state index is -3.75. The number of hydrogen-bond donors (Lipinski definition) is 1. The summed E-state index contributed by atoms with van der Waals surface area (Å²) in [5, 5.41) is 2.87. The highest BCUT2D eigenvalue weighted by molar-refractivity contribution is 9.10. The molecule has 0 aliphatic heterocycles. The molecule has 0 saturated carbocycles. The van der Waals surface area contributed by atoms with Gasteiger partial charge in [-0.1, -0.05) is 56.3 Å². The average molecular weight is 539 g/mol. The number of sulfonamides is 1. The molecule has 33 heavy (non-hydrogen) atoms. The van der Waals surface area contributed by atoms with Gasteiger partial charge in [-0.25, -0.2) is 8.42 Å². The Labute approximate surface area is 205 Å². The van der Waals surface area contributed by atoms with Crippen molar-refractivity contribution in [1.82, 2.24) is 10.2 Å². The van der Waals surface area contributed by atoms with Crippen molar-refractivity contribution in [1.29, 1.82) is 0 Å². The van der Waals surface area contributed by atoms with Crippen molar-refractivity contribution in [3.05, 3.63) is 64.6 Å². The molecule has 0 bridgehead atoms. The second-order valence-corrected chi connectivity index (χ2v) is 11.1. The molecule has 7 nitrogen and oxygen atoms in total. The van der Waals surface area contributed by atoms with Crippen LogP contribution in [0.15, 0.2) is 59.1 Å². The molecular formula is C24H32BrN3O4S. The van der Waals surface area contributed by atoms with E-state index < -0.39 is 28.5 Å². The van der Waals surface area contributed by atoms with Gasteiger partial charge in [0.2, 0.25) is 21.8 Å². The molecular weight excluding hydrogens is 506 g/mol. The van der Waals surface area contributed by atoms with Crippen molar-refractivity contribution < 1.29 is 18.0 Å². The van der Waals surface area contributed by atoms with Gasteiger partial charge in [-0.05, 0) is 52.9 Å². The molecule has 0 aromatic heterocycles. The van der Waals surface area contributed by atoms with Crippen LogP contribution in [0.5, 0.6) is 0 Å². The van der Waals surface area contributed by atoms with Gasteiger partial charge in [0.05, 0.1) is 11.9 Å². The van der Waals surface area contributed by atoms with E-state index in [1.165, 1.54) is 4.90 Å². The van der Waals surface area contributed by atoms with Gasteiger partial charge in [0, 0.05) is 17.6 Å². The van der Waals surface area contributed by atoms with E-state index in [2.05, 4.69) is 21.2 Å². The molecule has 0 saturated heterocycles. The van der Waals surface area contributed by atoms with Crippen molar-refractivity contribution in [2.75, 3.05) is 30.2 Å². The first kappa shape index (κ1) is 26.9. The van der Waals surface area contributed by atoms with E-state index in [4.69, 9.17) is 0 Å². The number of para-hydroxylation sites is 1. The molecule has 0 heterocycles. The quantitative estimate of drug-likeness (QED) is 0.475. The van der Waals surface area contributed by atoms with E-state index in [1.807, 2.05) is 44.2 Å². The summed E-state index contributed by atoms with van der Waals surface area (Å²) in [4.78, 5) is 27.6. The van der Waals surface area contributed by atoms with Gasteiger partial charge in [0.1, 0.15) is 12.6 Å². The second-order valence-electron chi connectivity index (χ2n) is 8.36. The Balaban J connectivity index is 2.29. The number of nitrogens with one attached hydrogen (secondary N) is 1. The molecule has 0 aliphatic carbocycles. The van der Waals surface area contributed by atoms with Crippen molar-refractivity contribution in [3.63, 3.8) is 0 Å². The van der Waals surface area contributed by atoms with Crippen molar-refractivity contribution in [2.45, 2.75) is 33.2 Å². The van der Waals surface area contributed by atoms with Crippen molar-refractivity contribution in [3.8, 4) is 0 Å². The lowest BCUT2D eigenvalue weighted by Gasteiger charge is -2.31. The molecule has 1 N–H and O–H groups in total. The fraction of sp³-hybridized carbons (Fsp3) is 0.417. The fourth-order valence-electron chi connectivity index (χ4n) is 3.27. The first-order valence-corrected chi connectivity index (χ1v) is 13.5. The SMILES string of the molecule is CC(C)CNC(=O)C(C)N(CCc1ccccc1)C(=O)CN(c1ccccc1Br)S(C)(=O)=O. The third-order valence-electron chi connectivity index (χ3n) is 5.14. The molecule has 0 radical (unpaired) electrons. The number of nitrogens with zero attached hydrogens (tertiary/aromatic N) is 2. The first-order chi connectivity index (χ1) is 15.5. The van der Waals surface area contributed by atoms with Crippen LogP contribution in [-0.2, 0) is 26.0 Å². The molecule has 0 fully saturated rings. The number of rotatable bonds is 11. The molecule has 180 valence electrons. The Morgan fingerprint density at radius 1 is 1.00 bits per heavy atom. The molecule has 2 rings (SSSR count). The minimum absolute atomic E-state index is 0.267. The molecule has 1 unspecified atom stereocenters. The predicted molar refractivity (Wildman–Crippen MR) is 136 cm³/mol. The largest absolute Gasteiger partial charge is 0.354 e. The molecule has 0 aliphatic rings. The topological polar surface area (TPSA) is 86.8 Å². The summed E-state index contributed by atoms with van der Waals surface area (Å²) >= 11 is 3.37. The Morgan fingerprint density at radius 2 is 1.61 bits per heavy atom. The number of halogens is 1. The summed E-state index contributed by atoms with van der Waals surface area (Å²) in [6, 6.07) is 15.7. The lowest BCUT2D eigenvalue weighted by atomic mass is 10.1. The van der Waals surface area contributed by atoms with E-state index >= 15 is 0 Å². The number of benzene rings is 2. The van der Waals surface area contributed by atoms with Crippen molar-refractivity contribution >= 4 is 43.5 Å². The highest BCUT2D eigenvalue weighted by atomic mass is 79.9. The zero-order valence-electron chi connectivity index (χ0n) is 19.5. The van der Waals surface area contributed by atoms with E-state index in [1.54, 1.807) is 31.2 Å². The monoisotopic (exact) mass is 537 g/mol. The van der Waals surface area contributed by atoms with Gasteiger partial charge in [-0.2, -0.15) is 0 Å². The van der Waals surface area contributed by atoms with Gasteiger partial charge in [0.25, 0.3) is 0 Å². The summed E-state index contributed by atoms with van der Waals surface area (Å²) in [7, 11) is -3.75. The average Bonchev–Trinajstić information content (AvgIpc) is 2.76. The van der Waals surface area contributed by atoms with Gasteiger partial charge < -0.3 is 10.2 Å². The van der Waals surface area contributed by atoms with E-state index in [0.717, 1.165) is 16.1 Å². The number of carbonyl (C=O) groups is 2. The maximum Gasteiger partial charge on any atom is 0.244 e. The highest BCUT2D eigenvalue weighted by Gasteiger charge is 2.30. The molecule has 2 amide bonds. The van der Waals surface area contributed by atoms with Crippen LogP contribution in [0, 0.1) is 5.92 Å². The summed E-state index contributed by atoms with van der Waals surface area (Å²) in [6.45, 7) is 6.03. The summed E-state index contributed by atoms with van der Waals surface area (Å²) < 4.78 is 26.7. The van der Waals surface area contributed by atoms with E-state index in [-0.39, 0.29) is 18.4 Å². The van der Waals surface area contributed by atoms with Gasteiger partial charge >= 0.3 is 0 Å². The normalized spacial score (nSPS) is 12.3. The number of hydrogen-bond acceptors (Lipinski definition) is 4. The maximum absolute atomic E-state index is 13.4. The summed E-state index contributed by atoms with van der Waals surface area (Å²) in [5.74, 6) is -0.443. The van der Waals surface area contributed by atoms with Crippen LogP contribution in [0.1, 0.15) is 26.3 Å². The van der Waals surface area contributed by atoms with E-state index in [9.17, 15) is 18.0 Å². The lowest BCUT2D eigenvalue weighted by Crippen LogP contribution is -2.52. The smallest absolute Gasteiger partial charge is 0.244 e. The third kappa shape index (κ3) is 8.16. The summed E-state index contributed by atoms with van der Waals surface area (Å²) in [6.07, 6.45) is 1.61. The van der Waals surface area contributed by atoms with Crippen molar-refractivity contribution in [2.24, 2.45) is 5.92 Å². The van der Waals surface area contributed by atoms with Gasteiger partial charge in [-0.3, -0.25) is 13.9 Å². The number of carbonyl (C=O) groups excluding carboxylic acids is 2. The number of anilines is 1. The zero-order chi connectivity index (χ0) is 24.6. The van der Waals surface area contributed by atoms with Gasteiger partial charge in [0.15, 0.2) is 0 Å². The zero-order valence-corrected chi connectivity index (χ0v) is 21.9. The Hall–Kier alpha value is -2.39. The molecule has 9 heteroatoms. The van der Waals surface area contributed by atoms with Crippen LogP contribution < -0.4 is 9.62 Å². The third-order valence-corrected chi connectivity index (χ3v) is 6.93. The minimum Gasteiger partial charge on any atom is -0.354 e. The van der Waals surface area contributed by atoms with Crippen LogP contribution >= 0.6 is 15.9 Å². The van der Waals surface area contributed by atoms with E-state index in [0.29, 0.717) is 23.1 Å². The highest BCUT2D eigenvalue weighted by Crippen LogP contribution is 2.27. The lowest BCUT2D eigenvalue weighted by molar-refractivity contribution is -0.138. The second kappa shape index (κ2) is 12.2. The molecule has 2 aromatic carbocycles. The Kier molecular flexibility index (Phi) is 9.91. The number of amides is 2. The molecule has 2 aromatic rings. The predicted octanol–water partition coefficient (Wildman–Crippen LogP) is 3.45. The standard InChI is InChI=1S/C24H32BrN3O4S/c1-18(2)16-26-24(30)19(3)27(15-14-20-10-6-5-7-11-20)23(29)17-28(33(4,31)32)22-13-9-8-12-21(22)25/h5-13,18-19H,14-17H2,1-4H3,(H,26,30). The van der Waals surface area contributed by atoms with Crippen LogP contribution in [0.25, 0.3) is 0 Å². The molecule has 0 spiro atoms. The molecule has 1 atom stereocenters. The Morgan fingerprint density at radius 3 is 2.18 bits per heavy atom. The van der Waals surface area contributed by atoms with Crippen LogP contribution in [0.3, 0.4) is 0 Å². The van der Waals surface area contributed by atoms with Crippen LogP contribution in [0.2, 0.25) is 0 Å². The maximum atomic E-state index is 13.4. The Bertz CT molecular complexity index is 1040. The fourth-order valence-corrected chi connectivity index (χ4v) is 4.75. The van der Waals surface area contributed by atoms with Crippen LogP contribution in [-0.4, -0.2) is 57.1 Å². The van der Waals surface area contributed by atoms with Crippen LogP contribution in [0.4, 0.5) is 5.69 Å². The first-order valence-electron chi connectivity index (χ1n) is 10.8. The van der Waals surface area contributed by atoms with Gasteiger partial charge in [-0.15, -0.1) is 0 Å².